The molecule has 1 N–H and O–H groups in total. The average Bonchev–Trinajstić information content (AvgIpc) is 3.30. The minimum Gasteiger partial charge on any atom is -0.383 e. The van der Waals surface area contributed by atoms with Gasteiger partial charge < -0.3 is 10.1 Å². The fourth-order valence-electron chi connectivity index (χ4n) is 4.77. The molecule has 0 saturated carbocycles. The van der Waals surface area contributed by atoms with Gasteiger partial charge in [-0.25, -0.2) is 4.68 Å². The molecule has 0 bridgehead atoms. The van der Waals surface area contributed by atoms with Crippen LogP contribution in [0.15, 0.2) is 53.3 Å². The molecule has 1 aromatic heterocycles. The highest BCUT2D eigenvalue weighted by Crippen LogP contribution is 2.21. The molecule has 1 aliphatic heterocycles. The first-order valence-electron chi connectivity index (χ1n) is 12.3. The second kappa shape index (κ2) is 13.7. The van der Waals surface area contributed by atoms with Crippen LogP contribution in [0.2, 0.25) is 5.02 Å². The lowest BCUT2D eigenvalue weighted by molar-refractivity contribution is -0.121. The molecule has 1 amide bonds. The molecular formula is C27H34Cl2N4O3. The highest BCUT2D eigenvalue weighted by molar-refractivity contribution is 6.30. The summed E-state index contributed by atoms with van der Waals surface area (Å²) >= 11 is 6.05. The highest BCUT2D eigenvalue weighted by atomic mass is 35.5. The van der Waals surface area contributed by atoms with Crippen molar-refractivity contribution >= 4 is 40.7 Å². The van der Waals surface area contributed by atoms with Crippen LogP contribution in [0.25, 0.3) is 10.8 Å². The Morgan fingerprint density at radius 2 is 1.92 bits per heavy atom. The van der Waals surface area contributed by atoms with Crippen LogP contribution in [0.1, 0.15) is 36.9 Å². The first-order valence-corrected chi connectivity index (χ1v) is 12.7. The summed E-state index contributed by atoms with van der Waals surface area (Å²) in [7, 11) is 1.62. The Morgan fingerprint density at radius 1 is 1.17 bits per heavy atom. The maximum Gasteiger partial charge on any atom is 0.274 e. The molecule has 0 aliphatic carbocycles. The molecule has 36 heavy (non-hydrogen) atoms. The van der Waals surface area contributed by atoms with Gasteiger partial charge in [0.15, 0.2) is 0 Å². The zero-order chi connectivity index (χ0) is 24.6. The number of likely N-dealkylation sites (tertiary alicyclic amines) is 1. The predicted octanol–water partition coefficient (Wildman–Crippen LogP) is 4.07. The molecule has 1 atom stereocenters. The molecule has 0 unspecified atom stereocenters. The quantitative estimate of drug-likeness (QED) is 0.376. The standard InChI is InChI=1S/C27H33ClN4O3.ClH/c1-35-17-14-29-26(33)9-5-16-31-15-4-6-22(31)19-32-27(34)24-8-3-2-7-23(24)25(30-32)18-20-10-12-21(28)13-11-20;/h2-3,7-8,10-13,22H,4-6,9,14-19H2,1H3,(H,29,33);1H/t22-;/m1./s1. The van der Waals surface area contributed by atoms with Gasteiger partial charge in [0.2, 0.25) is 5.91 Å². The summed E-state index contributed by atoms with van der Waals surface area (Å²) in [5, 5.41) is 10.00. The first-order chi connectivity index (χ1) is 17.0. The largest absolute Gasteiger partial charge is 0.383 e. The summed E-state index contributed by atoms with van der Waals surface area (Å²) in [6.45, 7) is 3.43. The lowest BCUT2D eigenvalue weighted by Gasteiger charge is -2.25. The van der Waals surface area contributed by atoms with Crippen molar-refractivity contribution in [2.45, 2.75) is 44.7 Å². The number of amides is 1. The van der Waals surface area contributed by atoms with Crippen molar-refractivity contribution in [3.63, 3.8) is 0 Å². The molecule has 7 nitrogen and oxygen atoms in total. The summed E-state index contributed by atoms with van der Waals surface area (Å²) in [6, 6.07) is 15.7. The normalized spacial score (nSPS) is 15.7. The van der Waals surface area contributed by atoms with Gasteiger partial charge in [-0.15, -0.1) is 12.4 Å². The summed E-state index contributed by atoms with van der Waals surface area (Å²) in [6.07, 6.45) is 4.02. The molecule has 0 radical (unpaired) electrons. The molecule has 2 aromatic carbocycles. The van der Waals surface area contributed by atoms with E-state index >= 15 is 0 Å². The van der Waals surface area contributed by atoms with Crippen molar-refractivity contribution in [3.05, 3.63) is 75.2 Å². The Bertz CT molecular complexity index is 1200. The molecule has 2 heterocycles. The molecule has 9 heteroatoms. The summed E-state index contributed by atoms with van der Waals surface area (Å²) in [5.74, 6) is 0.0528. The van der Waals surface area contributed by atoms with E-state index < -0.39 is 0 Å². The number of nitrogens with zero attached hydrogens (tertiary/aromatic N) is 3. The minimum atomic E-state index is -0.0511. The Morgan fingerprint density at radius 3 is 2.67 bits per heavy atom. The maximum atomic E-state index is 13.3. The third kappa shape index (κ3) is 7.29. The van der Waals surface area contributed by atoms with E-state index in [9.17, 15) is 9.59 Å². The minimum absolute atomic E-state index is 0. The van der Waals surface area contributed by atoms with Gasteiger partial charge in [-0.3, -0.25) is 14.5 Å². The van der Waals surface area contributed by atoms with Crippen molar-refractivity contribution in [1.29, 1.82) is 0 Å². The van der Waals surface area contributed by atoms with E-state index in [2.05, 4.69) is 10.2 Å². The summed E-state index contributed by atoms with van der Waals surface area (Å²) < 4.78 is 6.62. The molecular weight excluding hydrogens is 499 g/mol. The van der Waals surface area contributed by atoms with Crippen molar-refractivity contribution in [2.24, 2.45) is 0 Å². The van der Waals surface area contributed by atoms with Crippen molar-refractivity contribution < 1.29 is 9.53 Å². The zero-order valence-electron chi connectivity index (χ0n) is 20.6. The van der Waals surface area contributed by atoms with Gasteiger partial charge >= 0.3 is 0 Å². The highest BCUT2D eigenvalue weighted by Gasteiger charge is 2.26. The van der Waals surface area contributed by atoms with Crippen LogP contribution in [-0.4, -0.2) is 60.0 Å². The number of ether oxygens (including phenoxy) is 1. The van der Waals surface area contributed by atoms with E-state index in [0.717, 1.165) is 49.0 Å². The molecule has 4 rings (SSSR count). The number of carbonyl (C=O) groups excluding carboxylic acids is 1. The second-order valence-electron chi connectivity index (χ2n) is 9.06. The number of aromatic nitrogens is 2. The summed E-state index contributed by atoms with van der Waals surface area (Å²) in [4.78, 5) is 27.7. The molecule has 1 fully saturated rings. The fourth-order valence-corrected chi connectivity index (χ4v) is 4.90. The van der Waals surface area contributed by atoms with E-state index in [1.165, 1.54) is 0 Å². The lowest BCUT2D eigenvalue weighted by Crippen LogP contribution is -2.38. The smallest absolute Gasteiger partial charge is 0.274 e. The lowest BCUT2D eigenvalue weighted by atomic mass is 10.0. The monoisotopic (exact) mass is 532 g/mol. The van der Waals surface area contributed by atoms with E-state index in [4.69, 9.17) is 21.4 Å². The van der Waals surface area contributed by atoms with E-state index in [-0.39, 0.29) is 29.9 Å². The first kappa shape index (κ1) is 28.1. The van der Waals surface area contributed by atoms with Crippen molar-refractivity contribution in [3.8, 4) is 0 Å². The van der Waals surface area contributed by atoms with Crippen LogP contribution in [0.5, 0.6) is 0 Å². The van der Waals surface area contributed by atoms with Crippen LogP contribution in [-0.2, 0) is 22.5 Å². The third-order valence-electron chi connectivity index (χ3n) is 6.59. The van der Waals surface area contributed by atoms with Gasteiger partial charge in [0.25, 0.3) is 5.56 Å². The van der Waals surface area contributed by atoms with Crippen molar-refractivity contribution in [2.75, 3.05) is 33.4 Å². The number of rotatable bonds is 11. The fraction of sp³-hybridized carbons (Fsp3) is 0.444. The van der Waals surface area contributed by atoms with Gasteiger partial charge in [-0.1, -0.05) is 41.9 Å². The zero-order valence-corrected chi connectivity index (χ0v) is 22.2. The number of hydrogen-bond donors (Lipinski definition) is 1. The molecule has 0 spiro atoms. The number of benzene rings is 2. The molecule has 194 valence electrons. The number of nitrogens with one attached hydrogen (secondary N) is 1. The van der Waals surface area contributed by atoms with Gasteiger partial charge in [0.05, 0.1) is 24.2 Å². The molecule has 3 aromatic rings. The van der Waals surface area contributed by atoms with E-state index in [0.29, 0.717) is 42.9 Å². The Balaban J connectivity index is 0.00000361. The van der Waals surface area contributed by atoms with Crippen LogP contribution in [0.4, 0.5) is 0 Å². The second-order valence-corrected chi connectivity index (χ2v) is 9.50. The van der Waals surface area contributed by atoms with Crippen LogP contribution in [0.3, 0.4) is 0 Å². The SMILES string of the molecule is COCCNC(=O)CCCN1CCC[C@@H]1Cn1nc(Cc2ccc(Cl)cc2)c2ccccc2c1=O.Cl. The van der Waals surface area contributed by atoms with Gasteiger partial charge in [-0.05, 0) is 56.1 Å². The van der Waals surface area contributed by atoms with Crippen LogP contribution >= 0.6 is 24.0 Å². The number of fused-ring (bicyclic) bond motifs is 1. The molecule has 1 aliphatic rings. The van der Waals surface area contributed by atoms with Crippen LogP contribution in [0, 0.1) is 0 Å². The maximum absolute atomic E-state index is 13.3. The Hall–Kier alpha value is -2.45. The van der Waals surface area contributed by atoms with Crippen molar-refractivity contribution in [1.82, 2.24) is 20.0 Å². The Labute approximate surface area is 223 Å². The third-order valence-corrected chi connectivity index (χ3v) is 6.84. The van der Waals surface area contributed by atoms with E-state index in [1.54, 1.807) is 11.8 Å². The number of halogens is 2. The van der Waals surface area contributed by atoms with Gasteiger partial charge in [0, 0.05) is 42.9 Å². The average molecular weight is 534 g/mol. The van der Waals surface area contributed by atoms with E-state index in [1.807, 2.05) is 48.5 Å². The number of hydrogen-bond acceptors (Lipinski definition) is 5. The van der Waals surface area contributed by atoms with Gasteiger partial charge in [0.1, 0.15) is 0 Å². The Kier molecular flexibility index (Phi) is 10.7. The number of methoxy groups -OCH3 is 1. The predicted molar refractivity (Wildman–Crippen MR) is 146 cm³/mol. The molecule has 1 saturated heterocycles. The number of carbonyl (C=O) groups is 1. The van der Waals surface area contributed by atoms with Crippen LogP contribution < -0.4 is 10.9 Å². The van der Waals surface area contributed by atoms with Gasteiger partial charge in [-0.2, -0.15) is 5.10 Å². The topological polar surface area (TPSA) is 76.5 Å². The summed E-state index contributed by atoms with van der Waals surface area (Å²) in [5.41, 5.74) is 1.94.